The average Bonchev–Trinajstić information content (AvgIpc) is 2.29. The van der Waals surface area contributed by atoms with Crippen molar-refractivity contribution in [1.29, 1.82) is 0 Å². The van der Waals surface area contributed by atoms with Crippen LogP contribution in [0.3, 0.4) is 0 Å². The van der Waals surface area contributed by atoms with Gasteiger partial charge in [-0.05, 0) is 6.07 Å². The first-order valence-corrected chi connectivity index (χ1v) is 5.16. The molecule has 0 radical (unpaired) electrons. The monoisotopic (exact) mass is 227 g/mol. The van der Waals surface area contributed by atoms with E-state index >= 15 is 0 Å². The third-order valence-electron chi connectivity index (χ3n) is 2.89. The Balaban J connectivity index is 2.41. The highest BCUT2D eigenvalue weighted by Crippen LogP contribution is 2.37. The molecule has 0 spiro atoms. The minimum Gasteiger partial charge on any atom is -0.492 e. The molecule has 88 valence electrons. The third-order valence-corrected chi connectivity index (χ3v) is 2.89. The van der Waals surface area contributed by atoms with E-state index in [2.05, 4.69) is 4.98 Å². The molecule has 0 saturated carbocycles. The summed E-state index contributed by atoms with van der Waals surface area (Å²) in [6, 6.07) is 1.59. The van der Waals surface area contributed by atoms with Gasteiger partial charge in [0.25, 0.3) is 5.95 Å². The Labute approximate surface area is 93.0 Å². The molecule has 0 aromatic carbocycles. The van der Waals surface area contributed by atoms with E-state index < -0.39 is 11.5 Å². The SMILES string of the molecule is COc1c(C2(O)CCOCC2)ccnc1F. The van der Waals surface area contributed by atoms with Crippen molar-refractivity contribution in [1.82, 2.24) is 4.98 Å². The van der Waals surface area contributed by atoms with Gasteiger partial charge >= 0.3 is 0 Å². The molecule has 1 saturated heterocycles. The molecule has 0 bridgehead atoms. The Kier molecular flexibility index (Phi) is 3.07. The molecule has 16 heavy (non-hydrogen) atoms. The Morgan fingerprint density at radius 1 is 1.50 bits per heavy atom. The molecule has 1 aromatic heterocycles. The van der Waals surface area contributed by atoms with Gasteiger partial charge in [0.15, 0.2) is 5.75 Å². The van der Waals surface area contributed by atoms with Gasteiger partial charge in [-0.15, -0.1) is 0 Å². The summed E-state index contributed by atoms with van der Waals surface area (Å²) < 4.78 is 23.5. The van der Waals surface area contributed by atoms with Gasteiger partial charge in [-0.2, -0.15) is 4.39 Å². The van der Waals surface area contributed by atoms with E-state index in [1.54, 1.807) is 6.07 Å². The molecule has 0 unspecified atom stereocenters. The van der Waals surface area contributed by atoms with E-state index in [9.17, 15) is 9.50 Å². The lowest BCUT2D eigenvalue weighted by Crippen LogP contribution is -2.34. The summed E-state index contributed by atoms with van der Waals surface area (Å²) in [5.41, 5.74) is -0.626. The minimum atomic E-state index is -1.08. The molecular formula is C11H14FNO3. The normalized spacial score (nSPS) is 19.4. The summed E-state index contributed by atoms with van der Waals surface area (Å²) in [5, 5.41) is 10.4. The van der Waals surface area contributed by atoms with Gasteiger partial charge in [0.05, 0.1) is 12.7 Å². The topological polar surface area (TPSA) is 51.6 Å². The Hall–Kier alpha value is -1.20. The van der Waals surface area contributed by atoms with Crippen LogP contribution in [0.5, 0.6) is 5.75 Å². The summed E-state index contributed by atoms with van der Waals surface area (Å²) in [6.45, 7) is 0.924. The van der Waals surface area contributed by atoms with Gasteiger partial charge in [0.2, 0.25) is 0 Å². The standard InChI is InChI=1S/C11H14FNO3/c1-15-9-8(2-5-13-10(9)12)11(14)3-6-16-7-4-11/h2,5,14H,3-4,6-7H2,1H3. The van der Waals surface area contributed by atoms with Crippen molar-refractivity contribution in [3.8, 4) is 5.75 Å². The molecular weight excluding hydrogens is 213 g/mol. The highest BCUT2D eigenvalue weighted by atomic mass is 19.1. The lowest BCUT2D eigenvalue weighted by atomic mass is 9.86. The van der Waals surface area contributed by atoms with Crippen molar-refractivity contribution in [2.24, 2.45) is 0 Å². The first-order valence-electron chi connectivity index (χ1n) is 5.16. The summed E-state index contributed by atoms with van der Waals surface area (Å²) >= 11 is 0. The molecule has 1 aliphatic rings. The minimum absolute atomic E-state index is 0.0203. The summed E-state index contributed by atoms with van der Waals surface area (Å²) in [7, 11) is 1.37. The zero-order valence-electron chi connectivity index (χ0n) is 9.07. The largest absolute Gasteiger partial charge is 0.492 e. The highest BCUT2D eigenvalue weighted by molar-refractivity contribution is 5.36. The van der Waals surface area contributed by atoms with Crippen LogP contribution in [0, 0.1) is 5.95 Å². The van der Waals surface area contributed by atoms with Crippen LogP contribution < -0.4 is 4.74 Å². The van der Waals surface area contributed by atoms with Crippen molar-refractivity contribution in [2.45, 2.75) is 18.4 Å². The van der Waals surface area contributed by atoms with E-state index in [1.807, 2.05) is 0 Å². The molecule has 1 aromatic rings. The van der Waals surface area contributed by atoms with E-state index in [1.165, 1.54) is 13.3 Å². The molecule has 0 aliphatic carbocycles. The van der Waals surface area contributed by atoms with Crippen LogP contribution in [0.15, 0.2) is 12.3 Å². The Morgan fingerprint density at radius 2 is 2.19 bits per heavy atom. The zero-order chi connectivity index (χ0) is 11.6. The number of aliphatic hydroxyl groups is 1. The van der Waals surface area contributed by atoms with Crippen LogP contribution >= 0.6 is 0 Å². The van der Waals surface area contributed by atoms with Gasteiger partial charge in [-0.1, -0.05) is 0 Å². The molecule has 0 atom stereocenters. The maximum atomic E-state index is 13.4. The van der Waals surface area contributed by atoms with Crippen molar-refractivity contribution in [3.05, 3.63) is 23.8 Å². The fraction of sp³-hybridized carbons (Fsp3) is 0.545. The van der Waals surface area contributed by atoms with E-state index in [-0.39, 0.29) is 5.75 Å². The average molecular weight is 227 g/mol. The van der Waals surface area contributed by atoms with Crippen LogP contribution in [0.1, 0.15) is 18.4 Å². The summed E-state index contributed by atoms with van der Waals surface area (Å²) in [4.78, 5) is 3.50. The van der Waals surface area contributed by atoms with Crippen LogP contribution in [0.4, 0.5) is 4.39 Å². The predicted molar refractivity (Wildman–Crippen MR) is 54.7 cm³/mol. The number of aromatic nitrogens is 1. The molecule has 2 heterocycles. The van der Waals surface area contributed by atoms with Gasteiger partial charge in [0, 0.05) is 37.8 Å². The van der Waals surface area contributed by atoms with Crippen LogP contribution in [0.25, 0.3) is 0 Å². The van der Waals surface area contributed by atoms with Crippen molar-refractivity contribution in [2.75, 3.05) is 20.3 Å². The number of hydrogen-bond acceptors (Lipinski definition) is 4. The fourth-order valence-corrected chi connectivity index (χ4v) is 1.96. The second-order valence-electron chi connectivity index (χ2n) is 3.83. The smallest absolute Gasteiger partial charge is 0.255 e. The number of ether oxygens (including phenoxy) is 2. The number of methoxy groups -OCH3 is 1. The van der Waals surface area contributed by atoms with Crippen LogP contribution in [0.2, 0.25) is 0 Å². The molecule has 0 amide bonds. The number of halogens is 1. The van der Waals surface area contributed by atoms with E-state index in [0.717, 1.165) is 0 Å². The fourth-order valence-electron chi connectivity index (χ4n) is 1.96. The van der Waals surface area contributed by atoms with Crippen molar-refractivity contribution < 1.29 is 19.0 Å². The quantitative estimate of drug-likeness (QED) is 0.772. The van der Waals surface area contributed by atoms with Crippen LogP contribution in [-0.2, 0) is 10.3 Å². The second-order valence-corrected chi connectivity index (χ2v) is 3.83. The van der Waals surface area contributed by atoms with Crippen LogP contribution in [-0.4, -0.2) is 30.4 Å². The molecule has 1 aliphatic heterocycles. The molecule has 5 heteroatoms. The third kappa shape index (κ3) is 1.88. The van der Waals surface area contributed by atoms with Crippen molar-refractivity contribution >= 4 is 0 Å². The van der Waals surface area contributed by atoms with Gasteiger partial charge in [-0.3, -0.25) is 0 Å². The maximum absolute atomic E-state index is 13.4. The van der Waals surface area contributed by atoms with Crippen molar-refractivity contribution in [3.63, 3.8) is 0 Å². The van der Waals surface area contributed by atoms with E-state index in [4.69, 9.17) is 9.47 Å². The molecule has 1 fully saturated rings. The second kappa shape index (κ2) is 4.35. The summed E-state index contributed by atoms with van der Waals surface area (Å²) in [6.07, 6.45) is 2.21. The number of pyridine rings is 1. The lowest BCUT2D eigenvalue weighted by Gasteiger charge is -2.33. The first-order chi connectivity index (χ1) is 7.67. The highest BCUT2D eigenvalue weighted by Gasteiger charge is 2.35. The zero-order valence-corrected chi connectivity index (χ0v) is 9.07. The number of hydrogen-bond donors (Lipinski definition) is 1. The van der Waals surface area contributed by atoms with E-state index in [0.29, 0.717) is 31.6 Å². The van der Waals surface area contributed by atoms with Gasteiger partial charge in [-0.25, -0.2) is 4.98 Å². The Morgan fingerprint density at radius 3 is 2.81 bits per heavy atom. The molecule has 2 rings (SSSR count). The maximum Gasteiger partial charge on any atom is 0.255 e. The number of nitrogens with zero attached hydrogens (tertiary/aromatic N) is 1. The summed E-state index contributed by atoms with van der Waals surface area (Å²) in [5.74, 6) is -0.674. The lowest BCUT2D eigenvalue weighted by molar-refractivity contribution is -0.0692. The van der Waals surface area contributed by atoms with Gasteiger partial charge in [0.1, 0.15) is 0 Å². The molecule has 1 N–H and O–H groups in total. The van der Waals surface area contributed by atoms with Gasteiger partial charge < -0.3 is 14.6 Å². The number of rotatable bonds is 2. The molecule has 4 nitrogen and oxygen atoms in total. The first kappa shape index (κ1) is 11.3. The Bertz CT molecular complexity index is 377. The predicted octanol–water partition coefficient (Wildman–Crippen LogP) is 1.23.